The summed E-state index contributed by atoms with van der Waals surface area (Å²) in [6, 6.07) is -0.214. The molecule has 0 N–H and O–H groups in total. The number of carbonyl (C=O) groups excluding carboxylic acids is 1. The highest BCUT2D eigenvalue weighted by atomic mass is 16.5. The number of ether oxygens (including phenoxy) is 2. The van der Waals surface area contributed by atoms with Crippen LogP contribution in [0.4, 0.5) is 0 Å². The van der Waals surface area contributed by atoms with Gasteiger partial charge in [0, 0.05) is 6.54 Å². The van der Waals surface area contributed by atoms with Gasteiger partial charge in [0.15, 0.2) is 0 Å². The third-order valence-electron chi connectivity index (χ3n) is 1.87. The van der Waals surface area contributed by atoms with Gasteiger partial charge in [0.1, 0.15) is 6.04 Å². The molecule has 0 spiro atoms. The van der Waals surface area contributed by atoms with Crippen LogP contribution in [0.25, 0.3) is 0 Å². The van der Waals surface area contributed by atoms with Crippen LogP contribution in [0.15, 0.2) is 0 Å². The first-order valence-corrected chi connectivity index (χ1v) is 3.61. The van der Waals surface area contributed by atoms with Gasteiger partial charge >= 0.3 is 5.97 Å². The number of esters is 1. The zero-order valence-electron chi connectivity index (χ0n) is 6.87. The number of methoxy groups -OCH3 is 1. The van der Waals surface area contributed by atoms with Crippen molar-refractivity contribution in [3.05, 3.63) is 0 Å². The lowest BCUT2D eigenvalue weighted by Gasteiger charge is -2.29. The van der Waals surface area contributed by atoms with Crippen LogP contribution in [0.5, 0.6) is 0 Å². The molecule has 0 aromatic rings. The van der Waals surface area contributed by atoms with Gasteiger partial charge in [0.25, 0.3) is 0 Å². The van der Waals surface area contributed by atoms with Crippen LogP contribution in [0.1, 0.15) is 0 Å². The third-order valence-corrected chi connectivity index (χ3v) is 1.87. The molecule has 1 heterocycles. The average molecular weight is 159 g/mol. The number of carbonyl (C=O) groups is 1. The second-order valence-corrected chi connectivity index (χ2v) is 2.59. The molecule has 1 aliphatic heterocycles. The topological polar surface area (TPSA) is 38.8 Å². The molecule has 0 unspecified atom stereocenters. The van der Waals surface area contributed by atoms with Crippen molar-refractivity contribution in [1.82, 2.24) is 4.90 Å². The van der Waals surface area contributed by atoms with Crippen LogP contribution in [-0.4, -0.2) is 50.8 Å². The average Bonchev–Trinajstić information content (AvgIpc) is 2.04. The zero-order valence-corrected chi connectivity index (χ0v) is 6.87. The lowest BCUT2D eigenvalue weighted by molar-refractivity contribution is -0.152. The highest BCUT2D eigenvalue weighted by Gasteiger charge is 2.26. The van der Waals surface area contributed by atoms with E-state index in [4.69, 9.17) is 4.74 Å². The van der Waals surface area contributed by atoms with Gasteiger partial charge < -0.3 is 9.47 Å². The van der Waals surface area contributed by atoms with E-state index in [2.05, 4.69) is 4.74 Å². The van der Waals surface area contributed by atoms with E-state index in [9.17, 15) is 4.79 Å². The summed E-state index contributed by atoms with van der Waals surface area (Å²) in [5.41, 5.74) is 0. The van der Waals surface area contributed by atoms with Crippen LogP contribution >= 0.6 is 0 Å². The first kappa shape index (κ1) is 8.49. The Balaban J connectivity index is 2.47. The molecule has 11 heavy (non-hydrogen) atoms. The Morgan fingerprint density at radius 3 is 3.00 bits per heavy atom. The SMILES string of the molecule is COC(=O)[C@@H]1COCCN1C. The summed E-state index contributed by atoms with van der Waals surface area (Å²) in [4.78, 5) is 13.0. The summed E-state index contributed by atoms with van der Waals surface area (Å²) >= 11 is 0. The summed E-state index contributed by atoms with van der Waals surface area (Å²) < 4.78 is 9.73. The summed E-state index contributed by atoms with van der Waals surface area (Å²) in [5.74, 6) is -0.216. The summed E-state index contributed by atoms with van der Waals surface area (Å²) in [7, 11) is 3.29. The van der Waals surface area contributed by atoms with E-state index in [0.717, 1.165) is 6.54 Å². The Hall–Kier alpha value is -0.610. The summed E-state index contributed by atoms with van der Waals surface area (Å²) in [6.07, 6.45) is 0. The van der Waals surface area contributed by atoms with E-state index in [1.165, 1.54) is 7.11 Å². The molecule has 1 atom stereocenters. The predicted octanol–water partition coefficient (Wildman–Crippen LogP) is -0.510. The Labute approximate surface area is 66.1 Å². The van der Waals surface area contributed by atoms with Gasteiger partial charge in [-0.15, -0.1) is 0 Å². The fraction of sp³-hybridized carbons (Fsp3) is 0.857. The fourth-order valence-corrected chi connectivity index (χ4v) is 1.07. The fourth-order valence-electron chi connectivity index (χ4n) is 1.07. The second kappa shape index (κ2) is 3.69. The molecule has 1 rings (SSSR count). The highest BCUT2D eigenvalue weighted by Crippen LogP contribution is 2.04. The normalized spacial score (nSPS) is 26.5. The van der Waals surface area contributed by atoms with Crippen LogP contribution in [-0.2, 0) is 14.3 Å². The molecule has 0 radical (unpaired) electrons. The standard InChI is InChI=1S/C7H13NO3/c1-8-3-4-11-5-6(8)7(9)10-2/h6H,3-5H2,1-2H3/t6-/m0/s1. The largest absolute Gasteiger partial charge is 0.468 e. The molecule has 1 saturated heterocycles. The van der Waals surface area contributed by atoms with Crippen LogP contribution in [0.3, 0.4) is 0 Å². The van der Waals surface area contributed by atoms with Crippen molar-refractivity contribution < 1.29 is 14.3 Å². The molecule has 1 fully saturated rings. The van der Waals surface area contributed by atoms with Gasteiger partial charge in [-0.1, -0.05) is 0 Å². The van der Waals surface area contributed by atoms with Crippen molar-refractivity contribution in [3.8, 4) is 0 Å². The lowest BCUT2D eigenvalue weighted by Crippen LogP contribution is -2.48. The molecule has 0 amide bonds. The molecule has 1 aliphatic rings. The van der Waals surface area contributed by atoms with E-state index < -0.39 is 0 Å². The molecule has 4 heteroatoms. The van der Waals surface area contributed by atoms with Crippen molar-refractivity contribution >= 4 is 5.97 Å². The Morgan fingerprint density at radius 2 is 2.45 bits per heavy atom. The van der Waals surface area contributed by atoms with Gasteiger partial charge in [-0.2, -0.15) is 0 Å². The van der Waals surface area contributed by atoms with E-state index in [-0.39, 0.29) is 12.0 Å². The maximum Gasteiger partial charge on any atom is 0.325 e. The molecular formula is C7H13NO3. The van der Waals surface area contributed by atoms with Gasteiger partial charge in [-0.3, -0.25) is 9.69 Å². The van der Waals surface area contributed by atoms with Gasteiger partial charge in [-0.25, -0.2) is 0 Å². The maximum atomic E-state index is 11.0. The third kappa shape index (κ3) is 1.91. The summed E-state index contributed by atoms with van der Waals surface area (Å²) in [5, 5.41) is 0. The Bertz CT molecular complexity index is 149. The minimum absolute atomic E-state index is 0.214. The quantitative estimate of drug-likeness (QED) is 0.483. The van der Waals surface area contributed by atoms with Gasteiger partial charge in [0.05, 0.1) is 20.3 Å². The van der Waals surface area contributed by atoms with Crippen molar-refractivity contribution in [2.75, 3.05) is 33.9 Å². The lowest BCUT2D eigenvalue weighted by atomic mass is 10.2. The van der Waals surface area contributed by atoms with E-state index in [1.807, 2.05) is 11.9 Å². The number of nitrogens with zero attached hydrogens (tertiary/aromatic N) is 1. The van der Waals surface area contributed by atoms with E-state index in [0.29, 0.717) is 13.2 Å². The van der Waals surface area contributed by atoms with E-state index in [1.54, 1.807) is 0 Å². The first-order valence-electron chi connectivity index (χ1n) is 3.61. The Kier molecular flexibility index (Phi) is 2.84. The monoisotopic (exact) mass is 159 g/mol. The van der Waals surface area contributed by atoms with Crippen molar-refractivity contribution in [2.24, 2.45) is 0 Å². The molecule has 4 nitrogen and oxygen atoms in total. The van der Waals surface area contributed by atoms with E-state index >= 15 is 0 Å². The smallest absolute Gasteiger partial charge is 0.325 e. The number of hydrogen-bond donors (Lipinski definition) is 0. The minimum Gasteiger partial charge on any atom is -0.468 e. The molecule has 0 bridgehead atoms. The molecule has 0 aromatic heterocycles. The molecule has 0 aromatic carbocycles. The highest BCUT2D eigenvalue weighted by molar-refractivity contribution is 5.75. The van der Waals surface area contributed by atoms with Gasteiger partial charge in [0.2, 0.25) is 0 Å². The zero-order chi connectivity index (χ0) is 8.27. The van der Waals surface area contributed by atoms with Crippen molar-refractivity contribution in [3.63, 3.8) is 0 Å². The van der Waals surface area contributed by atoms with Crippen LogP contribution in [0, 0.1) is 0 Å². The maximum absolute atomic E-state index is 11.0. The van der Waals surface area contributed by atoms with Crippen molar-refractivity contribution in [2.45, 2.75) is 6.04 Å². The number of rotatable bonds is 1. The van der Waals surface area contributed by atoms with Crippen LogP contribution < -0.4 is 0 Å². The Morgan fingerprint density at radius 1 is 1.73 bits per heavy atom. The number of likely N-dealkylation sites (N-methyl/N-ethyl adjacent to an activating group) is 1. The molecule has 0 aliphatic carbocycles. The van der Waals surface area contributed by atoms with Gasteiger partial charge in [-0.05, 0) is 7.05 Å². The first-order chi connectivity index (χ1) is 5.25. The summed E-state index contributed by atoms with van der Waals surface area (Å²) in [6.45, 7) is 1.94. The molecular weight excluding hydrogens is 146 g/mol. The number of hydrogen-bond acceptors (Lipinski definition) is 4. The van der Waals surface area contributed by atoms with Crippen molar-refractivity contribution in [1.29, 1.82) is 0 Å². The van der Waals surface area contributed by atoms with Crippen LogP contribution in [0.2, 0.25) is 0 Å². The second-order valence-electron chi connectivity index (χ2n) is 2.59. The molecule has 0 saturated carbocycles. The molecule has 64 valence electrons. The predicted molar refractivity (Wildman–Crippen MR) is 39.3 cm³/mol. The number of morpholine rings is 1. The minimum atomic E-state index is -0.216.